The third-order valence-corrected chi connectivity index (χ3v) is 5.63. The second-order valence-electron chi connectivity index (χ2n) is 7.57. The average molecular weight is 369 g/mol. The number of carbonyl (C=O) groups is 1. The van der Waals surface area contributed by atoms with Crippen LogP contribution in [0.15, 0.2) is 30.5 Å². The van der Waals surface area contributed by atoms with Crippen molar-refractivity contribution in [3.8, 4) is 0 Å². The molecule has 1 aromatic carbocycles. The smallest absolute Gasteiger partial charge is 0.254 e. The second kappa shape index (κ2) is 8.23. The molecule has 6 heteroatoms. The Balaban J connectivity index is 1.41. The van der Waals surface area contributed by atoms with Crippen LogP contribution in [0.4, 0.5) is 0 Å². The Morgan fingerprint density at radius 3 is 2.89 bits per heavy atom. The summed E-state index contributed by atoms with van der Waals surface area (Å²) in [6.45, 7) is 4.84. The Kier molecular flexibility index (Phi) is 5.55. The number of hydrogen-bond acceptors (Lipinski definition) is 4. The Bertz CT molecular complexity index is 765. The van der Waals surface area contributed by atoms with Gasteiger partial charge in [-0.15, -0.1) is 0 Å². The van der Waals surface area contributed by atoms with E-state index < -0.39 is 0 Å². The standard InChI is InChI=1S/C21H27N3O3/c1-14-4-6-15(7-5-14)20-16(3-2-9-27-20)11-22-21(25)18-12-23-24-19(18)17-8-10-26-13-17/h4-7,12,16-17,20H,2-3,8-11,13H2,1H3,(H,22,25)(H,23,24). The molecule has 3 heterocycles. The molecule has 6 nitrogen and oxygen atoms in total. The third kappa shape index (κ3) is 4.06. The normalized spacial score (nSPS) is 25.4. The van der Waals surface area contributed by atoms with Gasteiger partial charge in [0.05, 0.1) is 30.2 Å². The summed E-state index contributed by atoms with van der Waals surface area (Å²) in [5.74, 6) is 0.432. The molecule has 27 heavy (non-hydrogen) atoms. The number of benzene rings is 1. The van der Waals surface area contributed by atoms with Crippen molar-refractivity contribution in [1.29, 1.82) is 0 Å². The highest BCUT2D eigenvalue weighted by molar-refractivity contribution is 5.95. The molecule has 2 saturated heterocycles. The number of hydrogen-bond donors (Lipinski definition) is 2. The summed E-state index contributed by atoms with van der Waals surface area (Å²) >= 11 is 0. The van der Waals surface area contributed by atoms with Gasteiger partial charge in [0.25, 0.3) is 5.91 Å². The fraction of sp³-hybridized carbons (Fsp3) is 0.524. The fourth-order valence-corrected chi connectivity index (χ4v) is 4.05. The second-order valence-corrected chi connectivity index (χ2v) is 7.57. The molecule has 0 spiro atoms. The van der Waals surface area contributed by atoms with E-state index in [-0.39, 0.29) is 23.8 Å². The SMILES string of the molecule is Cc1ccc(C2OCCCC2CNC(=O)c2cn[nH]c2C2CCOC2)cc1. The molecular formula is C21H27N3O3. The lowest BCUT2D eigenvalue weighted by Gasteiger charge is -2.32. The maximum absolute atomic E-state index is 12.8. The van der Waals surface area contributed by atoms with Gasteiger partial charge in [-0.2, -0.15) is 5.10 Å². The van der Waals surface area contributed by atoms with Crippen LogP contribution in [-0.4, -0.2) is 42.5 Å². The predicted molar refractivity (Wildman–Crippen MR) is 102 cm³/mol. The van der Waals surface area contributed by atoms with Crippen molar-refractivity contribution in [1.82, 2.24) is 15.5 Å². The molecule has 1 amide bonds. The minimum atomic E-state index is -0.0705. The van der Waals surface area contributed by atoms with Crippen LogP contribution in [0.2, 0.25) is 0 Å². The van der Waals surface area contributed by atoms with Crippen LogP contribution in [0.25, 0.3) is 0 Å². The van der Waals surface area contributed by atoms with Crippen molar-refractivity contribution in [3.05, 3.63) is 52.8 Å². The molecule has 2 aliphatic rings. The van der Waals surface area contributed by atoms with Crippen molar-refractivity contribution >= 4 is 5.91 Å². The topological polar surface area (TPSA) is 76.2 Å². The van der Waals surface area contributed by atoms with Crippen LogP contribution in [0.1, 0.15) is 58.5 Å². The van der Waals surface area contributed by atoms with E-state index in [1.54, 1.807) is 6.20 Å². The zero-order valence-corrected chi connectivity index (χ0v) is 15.7. The number of amides is 1. The van der Waals surface area contributed by atoms with Gasteiger partial charge in [-0.05, 0) is 31.7 Å². The Labute approximate surface area is 159 Å². The lowest BCUT2D eigenvalue weighted by molar-refractivity contribution is -0.0272. The summed E-state index contributed by atoms with van der Waals surface area (Å²) in [6, 6.07) is 8.50. The van der Waals surface area contributed by atoms with Crippen LogP contribution in [0, 0.1) is 12.8 Å². The van der Waals surface area contributed by atoms with Gasteiger partial charge in [-0.1, -0.05) is 29.8 Å². The molecule has 2 aromatic rings. The molecule has 2 fully saturated rings. The van der Waals surface area contributed by atoms with Crippen molar-refractivity contribution in [3.63, 3.8) is 0 Å². The quantitative estimate of drug-likeness (QED) is 0.849. The van der Waals surface area contributed by atoms with E-state index in [0.29, 0.717) is 18.7 Å². The Morgan fingerprint density at radius 2 is 2.11 bits per heavy atom. The molecule has 0 saturated carbocycles. The van der Waals surface area contributed by atoms with E-state index in [1.807, 2.05) is 0 Å². The number of rotatable bonds is 5. The van der Waals surface area contributed by atoms with E-state index >= 15 is 0 Å². The first kappa shape index (κ1) is 18.2. The fourth-order valence-electron chi connectivity index (χ4n) is 4.05. The van der Waals surface area contributed by atoms with Gasteiger partial charge in [-0.25, -0.2) is 0 Å². The highest BCUT2D eigenvalue weighted by Crippen LogP contribution is 2.33. The number of carbonyl (C=O) groups excluding carboxylic acids is 1. The zero-order chi connectivity index (χ0) is 18.6. The molecular weight excluding hydrogens is 342 g/mol. The molecule has 0 aliphatic carbocycles. The summed E-state index contributed by atoms with van der Waals surface area (Å²) in [5, 5.41) is 10.2. The number of nitrogens with one attached hydrogen (secondary N) is 2. The maximum Gasteiger partial charge on any atom is 0.254 e. The Morgan fingerprint density at radius 1 is 1.26 bits per heavy atom. The van der Waals surface area contributed by atoms with Gasteiger partial charge in [0.2, 0.25) is 0 Å². The van der Waals surface area contributed by atoms with Crippen LogP contribution < -0.4 is 5.32 Å². The van der Waals surface area contributed by atoms with Gasteiger partial charge in [0, 0.05) is 31.6 Å². The number of ether oxygens (including phenoxy) is 2. The van der Waals surface area contributed by atoms with Crippen molar-refractivity contribution in [2.24, 2.45) is 5.92 Å². The molecule has 3 atom stereocenters. The van der Waals surface area contributed by atoms with Gasteiger partial charge < -0.3 is 14.8 Å². The van der Waals surface area contributed by atoms with Gasteiger partial charge >= 0.3 is 0 Å². The highest BCUT2D eigenvalue weighted by atomic mass is 16.5. The summed E-state index contributed by atoms with van der Waals surface area (Å²) in [4.78, 5) is 12.8. The maximum atomic E-state index is 12.8. The van der Waals surface area contributed by atoms with Crippen molar-refractivity contribution in [2.75, 3.05) is 26.4 Å². The zero-order valence-electron chi connectivity index (χ0n) is 15.7. The van der Waals surface area contributed by atoms with Crippen LogP contribution >= 0.6 is 0 Å². The number of aryl methyl sites for hydroxylation is 1. The van der Waals surface area contributed by atoms with Crippen molar-refractivity contribution in [2.45, 2.75) is 38.2 Å². The Hall–Kier alpha value is -2.18. The van der Waals surface area contributed by atoms with Gasteiger partial charge in [0.1, 0.15) is 0 Å². The lowest BCUT2D eigenvalue weighted by Crippen LogP contribution is -2.35. The summed E-state index contributed by atoms with van der Waals surface area (Å²) < 4.78 is 11.5. The van der Waals surface area contributed by atoms with Crippen LogP contribution in [0.3, 0.4) is 0 Å². The number of nitrogens with zero attached hydrogens (tertiary/aromatic N) is 1. The third-order valence-electron chi connectivity index (χ3n) is 5.63. The first-order valence-corrected chi connectivity index (χ1v) is 9.79. The number of aromatic amines is 1. The van der Waals surface area contributed by atoms with E-state index in [9.17, 15) is 4.79 Å². The van der Waals surface area contributed by atoms with Gasteiger partial charge in [0.15, 0.2) is 0 Å². The van der Waals surface area contributed by atoms with Crippen LogP contribution in [0.5, 0.6) is 0 Å². The summed E-state index contributed by atoms with van der Waals surface area (Å²) in [7, 11) is 0. The molecule has 2 aliphatic heterocycles. The predicted octanol–water partition coefficient (Wildman–Crippen LogP) is 3.12. The summed E-state index contributed by atoms with van der Waals surface area (Å²) in [6.07, 6.45) is 4.66. The van der Waals surface area contributed by atoms with Crippen molar-refractivity contribution < 1.29 is 14.3 Å². The van der Waals surface area contributed by atoms with E-state index in [2.05, 4.69) is 46.7 Å². The van der Waals surface area contributed by atoms with E-state index in [0.717, 1.165) is 38.2 Å². The molecule has 4 rings (SSSR count). The molecule has 0 radical (unpaired) electrons. The minimum absolute atomic E-state index is 0.0340. The van der Waals surface area contributed by atoms with Gasteiger partial charge in [-0.3, -0.25) is 9.89 Å². The lowest BCUT2D eigenvalue weighted by atomic mass is 9.89. The molecule has 3 unspecified atom stereocenters. The van der Waals surface area contributed by atoms with Crippen LogP contribution in [-0.2, 0) is 9.47 Å². The molecule has 1 aromatic heterocycles. The minimum Gasteiger partial charge on any atom is -0.381 e. The molecule has 144 valence electrons. The molecule has 2 N–H and O–H groups in total. The summed E-state index contributed by atoms with van der Waals surface area (Å²) in [5.41, 5.74) is 3.95. The number of aromatic nitrogens is 2. The average Bonchev–Trinajstić information content (AvgIpc) is 3.38. The largest absolute Gasteiger partial charge is 0.381 e. The van der Waals surface area contributed by atoms with E-state index in [1.165, 1.54) is 11.1 Å². The molecule has 0 bridgehead atoms. The highest BCUT2D eigenvalue weighted by Gasteiger charge is 2.29. The first-order valence-electron chi connectivity index (χ1n) is 9.79. The number of H-pyrrole nitrogens is 1. The first-order chi connectivity index (χ1) is 13.2. The monoisotopic (exact) mass is 369 g/mol. The van der Waals surface area contributed by atoms with E-state index in [4.69, 9.17) is 9.47 Å².